The highest BCUT2D eigenvalue weighted by molar-refractivity contribution is 9.10. The third-order valence-electron chi connectivity index (χ3n) is 3.15. The molecule has 0 unspecified atom stereocenters. The van der Waals surface area contributed by atoms with E-state index in [1.54, 1.807) is 0 Å². The van der Waals surface area contributed by atoms with Gasteiger partial charge >= 0.3 is 0 Å². The molecule has 1 aromatic carbocycles. The first-order valence-corrected chi connectivity index (χ1v) is 6.97. The second kappa shape index (κ2) is 5.75. The minimum Gasteiger partial charge on any atom is -0.378 e. The molecular weight excluding hydrogens is 304 g/mol. The number of nitrogens with zero attached hydrogens (tertiary/aromatic N) is 3. The summed E-state index contributed by atoms with van der Waals surface area (Å²) < 4.78 is 3.02. The van der Waals surface area contributed by atoms with Gasteiger partial charge in [-0.2, -0.15) is 0 Å². The molecule has 0 fully saturated rings. The van der Waals surface area contributed by atoms with Crippen LogP contribution in [0.2, 0.25) is 0 Å². The molecule has 0 spiro atoms. The summed E-state index contributed by atoms with van der Waals surface area (Å²) >= 11 is 3.52. The Labute approximate surface area is 122 Å². The summed E-state index contributed by atoms with van der Waals surface area (Å²) in [5, 5.41) is 3.16. The van der Waals surface area contributed by atoms with E-state index in [9.17, 15) is 0 Å². The van der Waals surface area contributed by atoms with E-state index in [1.165, 1.54) is 5.69 Å². The van der Waals surface area contributed by atoms with E-state index in [4.69, 9.17) is 0 Å². The van der Waals surface area contributed by atoms with Crippen molar-refractivity contribution >= 4 is 21.6 Å². The van der Waals surface area contributed by atoms with Crippen LogP contribution in [0.15, 0.2) is 28.9 Å². The van der Waals surface area contributed by atoms with E-state index in [0.717, 1.165) is 28.2 Å². The van der Waals surface area contributed by atoms with Crippen LogP contribution in [0.25, 0.3) is 11.4 Å². The molecule has 102 valence electrons. The maximum absolute atomic E-state index is 4.60. The van der Waals surface area contributed by atoms with Crippen molar-refractivity contribution in [2.45, 2.75) is 6.54 Å². The standard InChI is InChI=1S/C14H19BrN4/c1-16-9-12-13(15)17-14(19(12)4)10-5-7-11(8-6-10)18(2)3/h5-8,16H,9H2,1-4H3. The molecule has 2 rings (SSSR count). The SMILES string of the molecule is CNCc1c(Br)nc(-c2ccc(N(C)C)cc2)n1C. The highest BCUT2D eigenvalue weighted by Gasteiger charge is 2.13. The summed E-state index contributed by atoms with van der Waals surface area (Å²) in [7, 11) is 8.05. The summed E-state index contributed by atoms with van der Waals surface area (Å²) in [5.74, 6) is 0.974. The summed E-state index contributed by atoms with van der Waals surface area (Å²) in [6.07, 6.45) is 0. The fourth-order valence-corrected chi connectivity index (χ4v) is 2.60. The maximum atomic E-state index is 4.60. The number of rotatable bonds is 4. The predicted octanol–water partition coefficient (Wildman–Crippen LogP) is 2.64. The van der Waals surface area contributed by atoms with Gasteiger partial charge in [-0.1, -0.05) is 0 Å². The third kappa shape index (κ3) is 2.82. The molecule has 0 atom stereocenters. The minimum atomic E-state index is 0.792. The zero-order valence-electron chi connectivity index (χ0n) is 11.7. The largest absolute Gasteiger partial charge is 0.378 e. The monoisotopic (exact) mass is 322 g/mol. The van der Waals surface area contributed by atoms with Gasteiger partial charge in [0.2, 0.25) is 0 Å². The predicted molar refractivity (Wildman–Crippen MR) is 83.4 cm³/mol. The first-order chi connectivity index (χ1) is 9.04. The van der Waals surface area contributed by atoms with Gasteiger partial charge in [-0.05, 0) is 47.2 Å². The first-order valence-electron chi connectivity index (χ1n) is 6.18. The Bertz CT molecular complexity index is 558. The van der Waals surface area contributed by atoms with Crippen LogP contribution < -0.4 is 10.2 Å². The average molecular weight is 323 g/mol. The number of anilines is 1. The van der Waals surface area contributed by atoms with Crippen LogP contribution in [-0.4, -0.2) is 30.7 Å². The third-order valence-corrected chi connectivity index (χ3v) is 3.79. The topological polar surface area (TPSA) is 33.1 Å². The van der Waals surface area contributed by atoms with E-state index >= 15 is 0 Å². The van der Waals surface area contributed by atoms with Crippen molar-refractivity contribution in [2.75, 3.05) is 26.0 Å². The van der Waals surface area contributed by atoms with Crippen LogP contribution >= 0.6 is 15.9 Å². The Morgan fingerprint density at radius 1 is 1.26 bits per heavy atom. The number of hydrogen-bond donors (Lipinski definition) is 1. The van der Waals surface area contributed by atoms with Gasteiger partial charge in [0.1, 0.15) is 10.4 Å². The molecule has 1 aromatic heterocycles. The molecule has 0 aliphatic rings. The number of imidazole rings is 1. The fourth-order valence-electron chi connectivity index (χ4n) is 2.02. The normalized spacial score (nSPS) is 10.8. The molecule has 0 aliphatic heterocycles. The van der Waals surface area contributed by atoms with Gasteiger partial charge in [-0.25, -0.2) is 4.98 Å². The van der Waals surface area contributed by atoms with Crippen LogP contribution in [0.3, 0.4) is 0 Å². The van der Waals surface area contributed by atoms with E-state index in [2.05, 4.69) is 60.0 Å². The van der Waals surface area contributed by atoms with Gasteiger partial charge in [-0.15, -0.1) is 0 Å². The van der Waals surface area contributed by atoms with Crippen LogP contribution in [0.4, 0.5) is 5.69 Å². The summed E-state index contributed by atoms with van der Waals surface area (Å²) in [6, 6.07) is 8.42. The number of aromatic nitrogens is 2. The van der Waals surface area contributed by atoms with Gasteiger partial charge in [0.25, 0.3) is 0 Å². The summed E-state index contributed by atoms with van der Waals surface area (Å²) in [5.41, 5.74) is 3.46. The zero-order chi connectivity index (χ0) is 14.0. The lowest BCUT2D eigenvalue weighted by Gasteiger charge is -2.12. The lowest BCUT2D eigenvalue weighted by atomic mass is 10.2. The van der Waals surface area contributed by atoms with Crippen molar-refractivity contribution in [2.24, 2.45) is 7.05 Å². The second-order valence-electron chi connectivity index (χ2n) is 4.70. The number of halogens is 1. The molecule has 1 N–H and O–H groups in total. The molecule has 2 aromatic rings. The Morgan fingerprint density at radius 3 is 2.42 bits per heavy atom. The van der Waals surface area contributed by atoms with Crippen molar-refractivity contribution in [1.29, 1.82) is 0 Å². The molecule has 0 radical (unpaired) electrons. The molecule has 0 saturated heterocycles. The van der Waals surface area contributed by atoms with E-state index < -0.39 is 0 Å². The van der Waals surface area contributed by atoms with Crippen molar-refractivity contribution in [3.63, 3.8) is 0 Å². The Morgan fingerprint density at radius 2 is 1.89 bits per heavy atom. The lowest BCUT2D eigenvalue weighted by molar-refractivity contribution is 0.734. The number of benzene rings is 1. The highest BCUT2D eigenvalue weighted by Crippen LogP contribution is 2.26. The van der Waals surface area contributed by atoms with Gasteiger partial charge in [-0.3, -0.25) is 0 Å². The van der Waals surface area contributed by atoms with Gasteiger partial charge in [0, 0.05) is 38.9 Å². The van der Waals surface area contributed by atoms with Crippen molar-refractivity contribution in [3.8, 4) is 11.4 Å². The van der Waals surface area contributed by atoms with Gasteiger partial charge < -0.3 is 14.8 Å². The molecule has 1 heterocycles. The van der Waals surface area contributed by atoms with Gasteiger partial charge in [0.05, 0.1) is 5.69 Å². The second-order valence-corrected chi connectivity index (χ2v) is 5.45. The molecule has 4 nitrogen and oxygen atoms in total. The smallest absolute Gasteiger partial charge is 0.141 e. The van der Waals surface area contributed by atoms with Crippen molar-refractivity contribution in [1.82, 2.24) is 14.9 Å². The van der Waals surface area contributed by atoms with Crippen molar-refractivity contribution in [3.05, 3.63) is 34.6 Å². The molecule has 0 aliphatic carbocycles. The molecule has 5 heteroatoms. The van der Waals surface area contributed by atoms with Crippen LogP contribution in [0, 0.1) is 0 Å². The summed E-state index contributed by atoms with van der Waals surface area (Å²) in [4.78, 5) is 6.69. The number of nitrogens with one attached hydrogen (secondary N) is 1. The first kappa shape index (κ1) is 14.1. The minimum absolute atomic E-state index is 0.792. The van der Waals surface area contributed by atoms with Crippen LogP contribution in [0.5, 0.6) is 0 Å². The van der Waals surface area contributed by atoms with Crippen LogP contribution in [0.1, 0.15) is 5.69 Å². The van der Waals surface area contributed by atoms with E-state index in [-0.39, 0.29) is 0 Å². The quantitative estimate of drug-likeness (QED) is 0.939. The molecule has 0 amide bonds. The Hall–Kier alpha value is -1.33. The molecular formula is C14H19BrN4. The fraction of sp³-hybridized carbons (Fsp3) is 0.357. The molecule has 0 bridgehead atoms. The van der Waals surface area contributed by atoms with Crippen molar-refractivity contribution < 1.29 is 0 Å². The number of hydrogen-bond acceptors (Lipinski definition) is 3. The zero-order valence-corrected chi connectivity index (χ0v) is 13.3. The summed E-state index contributed by atoms with van der Waals surface area (Å²) in [6.45, 7) is 0.792. The van der Waals surface area contributed by atoms with E-state index in [1.807, 2.05) is 28.2 Å². The average Bonchev–Trinajstić information content (AvgIpc) is 2.67. The van der Waals surface area contributed by atoms with Crippen LogP contribution in [-0.2, 0) is 13.6 Å². The Balaban J connectivity index is 2.39. The van der Waals surface area contributed by atoms with Gasteiger partial charge in [0.15, 0.2) is 0 Å². The maximum Gasteiger partial charge on any atom is 0.141 e. The Kier molecular flexibility index (Phi) is 4.27. The molecule has 19 heavy (non-hydrogen) atoms. The highest BCUT2D eigenvalue weighted by atomic mass is 79.9. The lowest BCUT2D eigenvalue weighted by Crippen LogP contribution is -2.10. The molecule has 0 saturated carbocycles. The van der Waals surface area contributed by atoms with E-state index in [0.29, 0.717) is 0 Å².